The number of alkyl halides is 3. The number of anilines is 1. The van der Waals surface area contributed by atoms with E-state index in [0.717, 1.165) is 51.3 Å². The molecule has 0 aromatic heterocycles. The number of rotatable bonds is 4. The first-order valence-corrected chi connectivity index (χ1v) is 10.6. The van der Waals surface area contributed by atoms with Crippen LogP contribution in [0, 0.1) is 0 Å². The lowest BCUT2D eigenvalue weighted by atomic mass is 10.1. The molecule has 2 aliphatic heterocycles. The number of benzene rings is 1. The van der Waals surface area contributed by atoms with Crippen LogP contribution in [0.2, 0.25) is 0 Å². The number of halogens is 4. The molecule has 1 amide bonds. The van der Waals surface area contributed by atoms with E-state index in [4.69, 9.17) is 0 Å². The largest absolute Gasteiger partial charge is 0.416 e. The molecule has 0 saturated carbocycles. The molecule has 2 saturated heterocycles. The molecule has 0 aliphatic carbocycles. The first kappa shape index (κ1) is 26.5. The summed E-state index contributed by atoms with van der Waals surface area (Å²) in [6, 6.07) is 5.51. The van der Waals surface area contributed by atoms with Gasteiger partial charge in [0, 0.05) is 85.1 Å². The van der Waals surface area contributed by atoms with Crippen molar-refractivity contribution in [1.82, 2.24) is 20.0 Å². The zero-order valence-electron chi connectivity index (χ0n) is 18.6. The molecular weight excluding hydrogens is 536 g/mol. The van der Waals surface area contributed by atoms with E-state index in [9.17, 15) is 18.0 Å². The monoisotopic (exact) mass is 568 g/mol. The Kier molecular flexibility index (Phi) is 9.86. The SMILES string of the molecule is CN=C(NCCN1CCN(C(C)=O)CC1)N1CCN(c2cccc(C(F)(F)F)c2)CC1.I. The Morgan fingerprint density at radius 1 is 1.03 bits per heavy atom. The van der Waals surface area contributed by atoms with Gasteiger partial charge in [-0.3, -0.25) is 14.7 Å². The van der Waals surface area contributed by atoms with Crippen LogP contribution in [0.1, 0.15) is 12.5 Å². The minimum Gasteiger partial charge on any atom is -0.368 e. The average molecular weight is 568 g/mol. The molecule has 2 heterocycles. The summed E-state index contributed by atoms with van der Waals surface area (Å²) >= 11 is 0. The summed E-state index contributed by atoms with van der Waals surface area (Å²) in [4.78, 5) is 24.1. The van der Waals surface area contributed by atoms with E-state index in [0.29, 0.717) is 31.9 Å². The van der Waals surface area contributed by atoms with Crippen molar-refractivity contribution >= 4 is 41.5 Å². The lowest BCUT2D eigenvalue weighted by Crippen LogP contribution is -2.54. The number of carbonyl (C=O) groups is 1. The van der Waals surface area contributed by atoms with Gasteiger partial charge in [-0.1, -0.05) is 6.07 Å². The highest BCUT2D eigenvalue weighted by atomic mass is 127. The highest BCUT2D eigenvalue weighted by molar-refractivity contribution is 14.0. The van der Waals surface area contributed by atoms with Gasteiger partial charge in [0.05, 0.1) is 5.56 Å². The number of nitrogens with one attached hydrogen (secondary N) is 1. The fraction of sp³-hybridized carbons (Fsp3) is 0.619. The van der Waals surface area contributed by atoms with Crippen molar-refractivity contribution in [1.29, 1.82) is 0 Å². The smallest absolute Gasteiger partial charge is 0.368 e. The molecule has 1 aromatic carbocycles. The number of nitrogens with zero attached hydrogens (tertiary/aromatic N) is 5. The first-order chi connectivity index (χ1) is 14.8. The van der Waals surface area contributed by atoms with Crippen molar-refractivity contribution in [2.45, 2.75) is 13.1 Å². The van der Waals surface area contributed by atoms with Crippen molar-refractivity contribution < 1.29 is 18.0 Å². The third kappa shape index (κ3) is 7.12. The van der Waals surface area contributed by atoms with Crippen LogP contribution in [0.3, 0.4) is 0 Å². The second-order valence-electron chi connectivity index (χ2n) is 7.84. The molecule has 2 aliphatic rings. The molecule has 7 nitrogen and oxygen atoms in total. The summed E-state index contributed by atoms with van der Waals surface area (Å²) in [5.41, 5.74) is -0.0174. The molecule has 3 rings (SSSR count). The predicted octanol–water partition coefficient (Wildman–Crippen LogP) is 2.18. The number of hydrogen-bond donors (Lipinski definition) is 1. The van der Waals surface area contributed by atoms with Gasteiger partial charge in [-0.05, 0) is 18.2 Å². The molecule has 2 fully saturated rings. The second-order valence-corrected chi connectivity index (χ2v) is 7.84. The Morgan fingerprint density at radius 3 is 2.22 bits per heavy atom. The number of guanidine groups is 1. The van der Waals surface area contributed by atoms with Gasteiger partial charge in [-0.25, -0.2) is 0 Å². The molecule has 1 aromatic rings. The standard InChI is InChI=1S/C21H31F3N6O.HI/c1-17(31)28-10-8-27(9-11-28)7-6-26-20(25-2)30-14-12-29(13-15-30)19-5-3-4-18(16-19)21(22,23)24;/h3-5,16H,6-15H2,1-2H3,(H,25,26);1H. The highest BCUT2D eigenvalue weighted by Crippen LogP contribution is 2.31. The lowest BCUT2D eigenvalue weighted by Gasteiger charge is -2.38. The van der Waals surface area contributed by atoms with Crippen LogP contribution in [0.5, 0.6) is 0 Å². The zero-order chi connectivity index (χ0) is 22.4. The maximum atomic E-state index is 13.0. The number of piperazine rings is 2. The van der Waals surface area contributed by atoms with E-state index < -0.39 is 11.7 Å². The average Bonchev–Trinajstić information content (AvgIpc) is 2.77. The normalized spacial score (nSPS) is 18.4. The first-order valence-electron chi connectivity index (χ1n) is 10.6. The Balaban J connectivity index is 0.00000363. The Bertz CT molecular complexity index is 775. The molecule has 180 valence electrons. The Hall–Kier alpha value is -1.76. The van der Waals surface area contributed by atoms with Crippen LogP contribution in [0.25, 0.3) is 0 Å². The number of hydrogen-bond acceptors (Lipinski definition) is 4. The van der Waals surface area contributed by atoms with E-state index >= 15 is 0 Å². The quantitative estimate of drug-likeness (QED) is 0.343. The molecule has 1 N–H and O–H groups in total. The molecule has 0 radical (unpaired) electrons. The van der Waals surface area contributed by atoms with Crippen molar-refractivity contribution in [2.24, 2.45) is 4.99 Å². The highest BCUT2D eigenvalue weighted by Gasteiger charge is 2.31. The summed E-state index contributed by atoms with van der Waals surface area (Å²) < 4.78 is 39.0. The summed E-state index contributed by atoms with van der Waals surface area (Å²) in [6.07, 6.45) is -4.33. The zero-order valence-corrected chi connectivity index (χ0v) is 20.9. The van der Waals surface area contributed by atoms with Crippen LogP contribution >= 0.6 is 24.0 Å². The van der Waals surface area contributed by atoms with Crippen molar-refractivity contribution in [3.63, 3.8) is 0 Å². The third-order valence-electron chi connectivity index (χ3n) is 5.86. The fourth-order valence-corrected chi connectivity index (χ4v) is 4.00. The van der Waals surface area contributed by atoms with Crippen LogP contribution < -0.4 is 10.2 Å². The van der Waals surface area contributed by atoms with Gasteiger partial charge in [-0.15, -0.1) is 24.0 Å². The third-order valence-corrected chi connectivity index (χ3v) is 5.86. The van der Waals surface area contributed by atoms with Gasteiger partial charge in [0.2, 0.25) is 5.91 Å². The Morgan fingerprint density at radius 2 is 1.66 bits per heavy atom. The topological polar surface area (TPSA) is 54.4 Å². The van der Waals surface area contributed by atoms with Crippen LogP contribution in [0.4, 0.5) is 18.9 Å². The second kappa shape index (κ2) is 11.9. The van der Waals surface area contributed by atoms with E-state index in [2.05, 4.69) is 20.1 Å². The Labute approximate surface area is 204 Å². The number of amides is 1. The summed E-state index contributed by atoms with van der Waals surface area (Å²) in [5.74, 6) is 0.938. The number of aliphatic imine (C=N–C) groups is 1. The van der Waals surface area contributed by atoms with E-state index in [-0.39, 0.29) is 29.9 Å². The van der Waals surface area contributed by atoms with E-state index in [1.807, 2.05) is 9.80 Å². The minimum absolute atomic E-state index is 0. The van der Waals surface area contributed by atoms with Crippen LogP contribution in [-0.4, -0.2) is 99.1 Å². The van der Waals surface area contributed by atoms with Crippen molar-refractivity contribution in [2.75, 3.05) is 77.4 Å². The molecule has 11 heteroatoms. The maximum absolute atomic E-state index is 13.0. The lowest BCUT2D eigenvalue weighted by molar-refractivity contribution is -0.137. The maximum Gasteiger partial charge on any atom is 0.416 e. The molecule has 0 unspecified atom stereocenters. The van der Waals surface area contributed by atoms with Gasteiger partial charge >= 0.3 is 6.18 Å². The van der Waals surface area contributed by atoms with Gasteiger partial charge in [0.15, 0.2) is 5.96 Å². The van der Waals surface area contributed by atoms with Gasteiger partial charge < -0.3 is 20.0 Å². The van der Waals surface area contributed by atoms with Crippen molar-refractivity contribution in [3.05, 3.63) is 29.8 Å². The minimum atomic E-state index is -4.33. The van der Waals surface area contributed by atoms with Crippen molar-refractivity contribution in [3.8, 4) is 0 Å². The summed E-state index contributed by atoms with van der Waals surface area (Å²) in [5, 5.41) is 3.39. The predicted molar refractivity (Wildman–Crippen MR) is 131 cm³/mol. The van der Waals surface area contributed by atoms with Gasteiger partial charge in [-0.2, -0.15) is 13.2 Å². The fourth-order valence-electron chi connectivity index (χ4n) is 4.00. The van der Waals surface area contributed by atoms with E-state index in [1.54, 1.807) is 20.0 Å². The molecule has 0 spiro atoms. The van der Waals surface area contributed by atoms with Gasteiger partial charge in [0.25, 0.3) is 0 Å². The molecule has 32 heavy (non-hydrogen) atoms. The molecule has 0 bridgehead atoms. The van der Waals surface area contributed by atoms with Crippen LogP contribution in [-0.2, 0) is 11.0 Å². The molecular formula is C21H32F3IN6O. The van der Waals surface area contributed by atoms with Crippen LogP contribution in [0.15, 0.2) is 29.3 Å². The summed E-state index contributed by atoms with van der Waals surface area (Å²) in [6.45, 7) is 9.14. The summed E-state index contributed by atoms with van der Waals surface area (Å²) in [7, 11) is 1.74. The number of carbonyl (C=O) groups excluding carboxylic acids is 1. The van der Waals surface area contributed by atoms with E-state index in [1.165, 1.54) is 12.1 Å². The van der Waals surface area contributed by atoms with Gasteiger partial charge in [0.1, 0.15) is 0 Å². The molecule has 0 atom stereocenters.